The molecule has 0 radical (unpaired) electrons. The van der Waals surface area contributed by atoms with Crippen molar-refractivity contribution < 1.29 is 9.18 Å². The number of aromatic nitrogens is 3. The van der Waals surface area contributed by atoms with E-state index < -0.39 is 11.7 Å². The molecule has 0 bridgehead atoms. The van der Waals surface area contributed by atoms with Gasteiger partial charge in [-0.15, -0.1) is 11.3 Å². The van der Waals surface area contributed by atoms with Crippen LogP contribution in [0.2, 0.25) is 0 Å². The number of benzene rings is 1. The molecule has 5 rings (SSSR count). The zero-order valence-corrected chi connectivity index (χ0v) is 25.4. The van der Waals surface area contributed by atoms with Crippen molar-refractivity contribution in [3.63, 3.8) is 0 Å². The maximum Gasteiger partial charge on any atom is 0.293 e. The molecule has 4 aromatic rings. The molecule has 1 fully saturated rings. The molecule has 1 aliphatic rings. The molecule has 2 N–H and O–H groups in total. The number of hydrogen-bond donors (Lipinski definition) is 2. The van der Waals surface area contributed by atoms with Crippen molar-refractivity contribution >= 4 is 40.3 Å². The average molecular weight is 590 g/mol. The number of nitrogens with one attached hydrogen (secondary N) is 2. The van der Waals surface area contributed by atoms with Crippen molar-refractivity contribution in [1.29, 1.82) is 0 Å². The summed E-state index contributed by atoms with van der Waals surface area (Å²) in [5.74, 6) is -0.872. The summed E-state index contributed by atoms with van der Waals surface area (Å²) in [6.07, 6.45) is 2.36. The number of pyridine rings is 1. The zero-order chi connectivity index (χ0) is 30.0. The third kappa shape index (κ3) is 6.37. The Kier molecular flexibility index (Phi) is 8.69. The van der Waals surface area contributed by atoms with E-state index in [1.165, 1.54) is 34.2 Å². The van der Waals surface area contributed by atoms with Gasteiger partial charge >= 0.3 is 0 Å². The number of carbonyl (C=O) groups excluding carboxylic acids is 1. The van der Waals surface area contributed by atoms with Crippen LogP contribution in [0.1, 0.15) is 46.8 Å². The first-order valence-corrected chi connectivity index (χ1v) is 14.9. The highest BCUT2D eigenvalue weighted by Crippen LogP contribution is 2.30. The van der Waals surface area contributed by atoms with Crippen LogP contribution in [0.4, 0.5) is 27.4 Å². The van der Waals surface area contributed by atoms with Crippen LogP contribution < -0.4 is 21.1 Å². The summed E-state index contributed by atoms with van der Waals surface area (Å²) < 4.78 is 16.2. The average Bonchev–Trinajstić information content (AvgIpc) is 3.43. The van der Waals surface area contributed by atoms with Crippen LogP contribution in [0, 0.1) is 5.82 Å². The van der Waals surface area contributed by atoms with Gasteiger partial charge in [0.25, 0.3) is 11.5 Å². The maximum absolute atomic E-state index is 14.8. The Morgan fingerprint density at radius 3 is 2.33 bits per heavy atom. The van der Waals surface area contributed by atoms with E-state index in [9.17, 15) is 14.0 Å². The van der Waals surface area contributed by atoms with Crippen molar-refractivity contribution in [2.24, 2.45) is 7.05 Å². The highest BCUT2D eigenvalue weighted by Gasteiger charge is 2.19. The van der Waals surface area contributed by atoms with Gasteiger partial charge in [-0.3, -0.25) is 9.59 Å². The van der Waals surface area contributed by atoms with Gasteiger partial charge in [0.15, 0.2) is 17.5 Å². The fourth-order valence-electron chi connectivity index (χ4n) is 4.93. The second-order valence-corrected chi connectivity index (χ2v) is 12.0. The zero-order valence-electron chi connectivity index (χ0n) is 24.6. The molecule has 1 saturated heterocycles. The van der Waals surface area contributed by atoms with Crippen molar-refractivity contribution in [2.75, 3.05) is 48.8 Å². The third-order valence-electron chi connectivity index (χ3n) is 7.42. The molecule has 42 heavy (non-hydrogen) atoms. The van der Waals surface area contributed by atoms with Gasteiger partial charge in [0, 0.05) is 55.7 Å². The Bertz CT molecular complexity index is 1640. The predicted octanol–water partition coefficient (Wildman–Crippen LogP) is 5.48. The minimum atomic E-state index is -0.660. The molecular formula is C31H36FN7O2S. The number of likely N-dealkylation sites (N-methyl/N-ethyl adjacent to an activating group) is 1. The number of hydrogen-bond acceptors (Lipinski definition) is 8. The molecule has 0 unspecified atom stereocenters. The number of halogens is 1. The van der Waals surface area contributed by atoms with E-state index in [0.717, 1.165) is 54.4 Å². The topological polar surface area (TPSA) is 95.4 Å². The van der Waals surface area contributed by atoms with Gasteiger partial charge in [0.05, 0.1) is 10.6 Å². The van der Waals surface area contributed by atoms with Gasteiger partial charge in [-0.05, 0) is 67.4 Å². The number of aryl methyl sites for hydroxylation is 2. The molecule has 1 aliphatic heterocycles. The van der Waals surface area contributed by atoms with Gasteiger partial charge in [0.2, 0.25) is 0 Å². The lowest BCUT2D eigenvalue weighted by Crippen LogP contribution is -2.44. The van der Waals surface area contributed by atoms with E-state index in [1.54, 1.807) is 7.05 Å². The number of nitrogens with zero attached hydrogens (tertiary/aromatic N) is 5. The SMILES string of the molecule is CCc1sc(C(=O)Nc2nc(-c3cn(C)c(=O)c(Nc4ccc(N5CCN(C)CC5)cc4)n3)ccc2F)cc1C(C)C. The summed E-state index contributed by atoms with van der Waals surface area (Å²) in [5, 5.41) is 5.74. The fourth-order valence-corrected chi connectivity index (χ4v) is 6.08. The number of rotatable bonds is 8. The summed E-state index contributed by atoms with van der Waals surface area (Å²) in [5.41, 5.74) is 3.33. The maximum atomic E-state index is 14.8. The predicted molar refractivity (Wildman–Crippen MR) is 168 cm³/mol. The number of carbonyl (C=O) groups is 1. The molecule has 1 amide bonds. The summed E-state index contributed by atoms with van der Waals surface area (Å²) in [6, 6.07) is 12.5. The Labute approximate surface area is 249 Å². The van der Waals surface area contributed by atoms with E-state index in [1.807, 2.05) is 30.3 Å². The Balaban J connectivity index is 1.36. The fraction of sp³-hybridized carbons (Fsp3) is 0.355. The van der Waals surface area contributed by atoms with Crippen LogP contribution in [-0.2, 0) is 13.5 Å². The van der Waals surface area contributed by atoms with Crippen LogP contribution in [0.25, 0.3) is 11.4 Å². The van der Waals surface area contributed by atoms with Crippen molar-refractivity contribution in [3.05, 3.63) is 80.2 Å². The number of thiophene rings is 1. The first kappa shape index (κ1) is 29.4. The molecular weight excluding hydrogens is 553 g/mol. The second-order valence-electron chi connectivity index (χ2n) is 10.8. The lowest BCUT2D eigenvalue weighted by molar-refractivity contribution is 0.102. The highest BCUT2D eigenvalue weighted by atomic mass is 32.1. The van der Waals surface area contributed by atoms with Crippen LogP contribution in [-0.4, -0.2) is 58.6 Å². The van der Waals surface area contributed by atoms with Gasteiger partial charge in [-0.25, -0.2) is 14.4 Å². The summed E-state index contributed by atoms with van der Waals surface area (Å²) in [4.78, 5) is 41.1. The van der Waals surface area contributed by atoms with E-state index in [-0.39, 0.29) is 23.1 Å². The smallest absolute Gasteiger partial charge is 0.293 e. The minimum absolute atomic E-state index is 0.117. The molecule has 0 spiro atoms. The highest BCUT2D eigenvalue weighted by molar-refractivity contribution is 7.14. The van der Waals surface area contributed by atoms with Crippen LogP contribution in [0.15, 0.2) is 53.5 Å². The Morgan fingerprint density at radius 1 is 1.00 bits per heavy atom. The van der Waals surface area contributed by atoms with Crippen LogP contribution in [0.3, 0.4) is 0 Å². The number of piperazine rings is 1. The molecule has 0 aliphatic carbocycles. The standard InChI is InChI=1S/C31H36FN7O2S/c1-6-26-22(19(2)3)17-27(42-26)30(40)36-28-23(32)11-12-24(34-28)25-18-38(5)31(41)29(35-25)33-20-7-9-21(10-8-20)39-15-13-37(4)14-16-39/h7-12,17-19H,6,13-16H2,1-5H3,(H,33,35)(H,34,36,40). The molecule has 0 saturated carbocycles. The second kappa shape index (κ2) is 12.4. The summed E-state index contributed by atoms with van der Waals surface area (Å²) in [6.45, 7) is 10.2. The van der Waals surface area contributed by atoms with E-state index in [4.69, 9.17) is 0 Å². The first-order chi connectivity index (χ1) is 20.1. The molecule has 4 heterocycles. The van der Waals surface area contributed by atoms with E-state index >= 15 is 0 Å². The molecule has 0 atom stereocenters. The van der Waals surface area contributed by atoms with Crippen LogP contribution in [0.5, 0.6) is 0 Å². The number of amides is 1. The minimum Gasteiger partial charge on any atom is -0.369 e. The summed E-state index contributed by atoms with van der Waals surface area (Å²) in [7, 11) is 3.75. The molecule has 3 aromatic heterocycles. The monoisotopic (exact) mass is 589 g/mol. The molecule has 11 heteroatoms. The normalized spacial score (nSPS) is 13.9. The molecule has 9 nitrogen and oxygen atoms in total. The van der Waals surface area contributed by atoms with Crippen LogP contribution >= 0.6 is 11.3 Å². The summed E-state index contributed by atoms with van der Waals surface area (Å²) >= 11 is 1.41. The molecule has 1 aromatic carbocycles. The van der Waals surface area contributed by atoms with Gasteiger partial charge in [0.1, 0.15) is 5.69 Å². The largest absolute Gasteiger partial charge is 0.369 e. The third-order valence-corrected chi connectivity index (χ3v) is 8.71. The Morgan fingerprint density at radius 2 is 1.69 bits per heavy atom. The number of anilines is 4. The van der Waals surface area contributed by atoms with Gasteiger partial charge in [-0.2, -0.15) is 0 Å². The molecule has 220 valence electrons. The van der Waals surface area contributed by atoms with E-state index in [2.05, 4.69) is 58.2 Å². The van der Waals surface area contributed by atoms with Crippen molar-refractivity contribution in [2.45, 2.75) is 33.1 Å². The van der Waals surface area contributed by atoms with Gasteiger partial charge < -0.3 is 25.0 Å². The van der Waals surface area contributed by atoms with E-state index in [0.29, 0.717) is 16.3 Å². The van der Waals surface area contributed by atoms with Gasteiger partial charge in [-0.1, -0.05) is 20.8 Å². The van der Waals surface area contributed by atoms with Crippen molar-refractivity contribution in [3.8, 4) is 11.4 Å². The lowest BCUT2D eigenvalue weighted by Gasteiger charge is -2.34. The first-order valence-electron chi connectivity index (χ1n) is 14.1. The lowest BCUT2D eigenvalue weighted by atomic mass is 10.0. The van der Waals surface area contributed by atoms with Crippen molar-refractivity contribution in [1.82, 2.24) is 19.4 Å². The quantitative estimate of drug-likeness (QED) is 0.281. The Hall–Kier alpha value is -4.09.